The molecule has 2 unspecified atom stereocenters. The smallest absolute Gasteiger partial charge is 0.261 e. The molecule has 0 bridgehead atoms. The molecule has 3 rings (SSSR count). The van der Waals surface area contributed by atoms with Gasteiger partial charge < -0.3 is 5.32 Å². The fraction of sp³-hybridized carbons (Fsp3) is 0.381. The third-order valence-corrected chi connectivity index (χ3v) is 6.40. The first kappa shape index (κ1) is 19.4. The normalized spacial score (nSPS) is 20.1. The third-order valence-electron chi connectivity index (χ3n) is 5.00. The summed E-state index contributed by atoms with van der Waals surface area (Å²) in [5, 5.41) is 3.06. The number of hydrogen-bond acceptors (Lipinski definition) is 3. The van der Waals surface area contributed by atoms with Gasteiger partial charge in [-0.05, 0) is 62.1 Å². The molecular formula is C21H26N2O3S. The Morgan fingerprint density at radius 1 is 1.00 bits per heavy atom. The summed E-state index contributed by atoms with van der Waals surface area (Å²) in [6.07, 6.45) is 4.35. The van der Waals surface area contributed by atoms with Gasteiger partial charge in [0.25, 0.3) is 15.9 Å². The summed E-state index contributed by atoms with van der Waals surface area (Å²) in [7, 11) is -3.68. The third kappa shape index (κ3) is 5.10. The molecule has 5 nitrogen and oxygen atoms in total. The number of aryl methyl sites for hydroxylation is 1. The van der Waals surface area contributed by atoms with E-state index in [4.69, 9.17) is 0 Å². The second-order valence-corrected chi connectivity index (χ2v) is 9.12. The monoisotopic (exact) mass is 386 g/mol. The van der Waals surface area contributed by atoms with E-state index in [1.807, 2.05) is 19.1 Å². The van der Waals surface area contributed by atoms with Crippen molar-refractivity contribution >= 4 is 21.6 Å². The van der Waals surface area contributed by atoms with Crippen LogP contribution in [0.3, 0.4) is 0 Å². The number of benzene rings is 2. The maximum atomic E-state index is 12.5. The maximum Gasteiger partial charge on any atom is 0.261 e. The van der Waals surface area contributed by atoms with Gasteiger partial charge in [-0.25, -0.2) is 8.42 Å². The highest BCUT2D eigenvalue weighted by atomic mass is 32.2. The molecule has 2 aromatic rings. The minimum atomic E-state index is -3.68. The molecule has 2 N–H and O–H groups in total. The van der Waals surface area contributed by atoms with Crippen LogP contribution in [0.1, 0.15) is 48.5 Å². The second kappa shape index (κ2) is 8.13. The van der Waals surface area contributed by atoms with Crippen molar-refractivity contribution in [1.29, 1.82) is 0 Å². The van der Waals surface area contributed by atoms with Crippen molar-refractivity contribution in [2.75, 3.05) is 4.72 Å². The Kier molecular flexibility index (Phi) is 5.85. The van der Waals surface area contributed by atoms with E-state index in [2.05, 4.69) is 17.0 Å². The van der Waals surface area contributed by atoms with Gasteiger partial charge in [0.2, 0.25) is 0 Å². The number of nitrogens with one attached hydrogen (secondary N) is 2. The lowest BCUT2D eigenvalue weighted by atomic mass is 9.87. The molecule has 144 valence electrons. The van der Waals surface area contributed by atoms with Crippen LogP contribution in [-0.4, -0.2) is 20.4 Å². The summed E-state index contributed by atoms with van der Waals surface area (Å²) < 4.78 is 27.6. The molecule has 0 aliphatic heterocycles. The Balaban J connectivity index is 1.66. The Morgan fingerprint density at radius 2 is 1.67 bits per heavy atom. The van der Waals surface area contributed by atoms with Gasteiger partial charge in [0.15, 0.2) is 0 Å². The quantitative estimate of drug-likeness (QED) is 0.812. The van der Waals surface area contributed by atoms with Crippen LogP contribution in [0.25, 0.3) is 0 Å². The van der Waals surface area contributed by atoms with Crippen LogP contribution in [0.5, 0.6) is 0 Å². The number of amides is 1. The van der Waals surface area contributed by atoms with E-state index in [0.717, 1.165) is 24.8 Å². The van der Waals surface area contributed by atoms with Crippen molar-refractivity contribution in [2.45, 2.75) is 50.5 Å². The summed E-state index contributed by atoms with van der Waals surface area (Å²) in [5.41, 5.74) is 2.04. The maximum absolute atomic E-state index is 12.5. The number of anilines is 1. The molecule has 2 aromatic carbocycles. The molecule has 0 radical (unpaired) electrons. The van der Waals surface area contributed by atoms with Crippen molar-refractivity contribution in [3.8, 4) is 0 Å². The lowest BCUT2D eigenvalue weighted by Crippen LogP contribution is -2.37. The molecule has 1 amide bonds. The predicted molar refractivity (Wildman–Crippen MR) is 107 cm³/mol. The number of sulfonamides is 1. The first-order valence-electron chi connectivity index (χ1n) is 9.34. The van der Waals surface area contributed by atoms with Crippen molar-refractivity contribution in [3.05, 3.63) is 59.7 Å². The highest BCUT2D eigenvalue weighted by Gasteiger charge is 2.21. The number of carbonyl (C=O) groups is 1. The zero-order valence-electron chi connectivity index (χ0n) is 15.7. The van der Waals surface area contributed by atoms with Gasteiger partial charge in [0.05, 0.1) is 4.90 Å². The van der Waals surface area contributed by atoms with Crippen LogP contribution in [-0.2, 0) is 10.0 Å². The van der Waals surface area contributed by atoms with Crippen LogP contribution in [0.4, 0.5) is 5.69 Å². The zero-order chi connectivity index (χ0) is 19.4. The molecule has 2 atom stereocenters. The summed E-state index contributed by atoms with van der Waals surface area (Å²) >= 11 is 0. The minimum Gasteiger partial charge on any atom is -0.349 e. The number of carbonyl (C=O) groups excluding carboxylic acids is 1. The molecule has 1 saturated carbocycles. The average Bonchev–Trinajstić information content (AvgIpc) is 2.63. The second-order valence-electron chi connectivity index (χ2n) is 7.44. The van der Waals surface area contributed by atoms with Gasteiger partial charge in [-0.1, -0.05) is 37.5 Å². The topological polar surface area (TPSA) is 75.3 Å². The van der Waals surface area contributed by atoms with Gasteiger partial charge in [-0.3, -0.25) is 9.52 Å². The summed E-state index contributed by atoms with van der Waals surface area (Å²) in [6.45, 7) is 4.15. The highest BCUT2D eigenvalue weighted by Crippen LogP contribution is 2.24. The van der Waals surface area contributed by atoms with Gasteiger partial charge in [0, 0.05) is 17.3 Å². The van der Waals surface area contributed by atoms with Crippen molar-refractivity contribution in [2.24, 2.45) is 5.92 Å². The van der Waals surface area contributed by atoms with E-state index in [-0.39, 0.29) is 16.8 Å². The van der Waals surface area contributed by atoms with Crippen molar-refractivity contribution < 1.29 is 13.2 Å². The first-order valence-corrected chi connectivity index (χ1v) is 10.8. The van der Waals surface area contributed by atoms with E-state index >= 15 is 0 Å². The Hall–Kier alpha value is -2.34. The number of hydrogen-bond donors (Lipinski definition) is 2. The van der Waals surface area contributed by atoms with Crippen molar-refractivity contribution in [3.63, 3.8) is 0 Å². The van der Waals surface area contributed by atoms with Gasteiger partial charge >= 0.3 is 0 Å². The minimum absolute atomic E-state index is 0.130. The SMILES string of the molecule is Cc1ccc(NS(=O)(=O)c2ccc(C(=O)NC3CCCC(C)C3)cc2)cc1. The Labute approximate surface area is 161 Å². The summed E-state index contributed by atoms with van der Waals surface area (Å²) in [4.78, 5) is 12.6. The van der Waals surface area contributed by atoms with E-state index in [9.17, 15) is 13.2 Å². The zero-order valence-corrected chi connectivity index (χ0v) is 16.6. The Morgan fingerprint density at radius 3 is 2.30 bits per heavy atom. The van der Waals surface area contributed by atoms with E-state index < -0.39 is 10.0 Å². The largest absolute Gasteiger partial charge is 0.349 e. The van der Waals surface area contributed by atoms with Crippen LogP contribution < -0.4 is 10.0 Å². The molecule has 1 aliphatic carbocycles. The average molecular weight is 387 g/mol. The fourth-order valence-corrected chi connectivity index (χ4v) is 4.51. The molecule has 0 heterocycles. The number of rotatable bonds is 5. The van der Waals surface area contributed by atoms with E-state index in [0.29, 0.717) is 17.2 Å². The molecule has 0 spiro atoms. The molecule has 27 heavy (non-hydrogen) atoms. The van der Waals surface area contributed by atoms with Gasteiger partial charge in [0.1, 0.15) is 0 Å². The summed E-state index contributed by atoms with van der Waals surface area (Å²) in [6, 6.07) is 13.4. The molecular weight excluding hydrogens is 360 g/mol. The molecule has 1 fully saturated rings. The predicted octanol–water partition coefficient (Wildman–Crippen LogP) is 4.10. The van der Waals surface area contributed by atoms with Crippen LogP contribution in [0.15, 0.2) is 53.4 Å². The van der Waals surface area contributed by atoms with Crippen LogP contribution in [0.2, 0.25) is 0 Å². The summed E-state index contributed by atoms with van der Waals surface area (Å²) in [5.74, 6) is 0.481. The molecule has 1 aliphatic rings. The van der Waals surface area contributed by atoms with E-state index in [1.54, 1.807) is 24.3 Å². The molecule has 6 heteroatoms. The lowest BCUT2D eigenvalue weighted by molar-refractivity contribution is 0.0921. The van der Waals surface area contributed by atoms with E-state index in [1.165, 1.54) is 18.6 Å². The van der Waals surface area contributed by atoms with Crippen LogP contribution in [0, 0.1) is 12.8 Å². The highest BCUT2D eigenvalue weighted by molar-refractivity contribution is 7.92. The van der Waals surface area contributed by atoms with Gasteiger partial charge in [-0.2, -0.15) is 0 Å². The molecule has 0 saturated heterocycles. The van der Waals surface area contributed by atoms with Crippen LogP contribution >= 0.6 is 0 Å². The fourth-order valence-electron chi connectivity index (χ4n) is 3.46. The first-order chi connectivity index (χ1) is 12.8. The van der Waals surface area contributed by atoms with Crippen molar-refractivity contribution in [1.82, 2.24) is 5.32 Å². The molecule has 0 aromatic heterocycles. The van der Waals surface area contributed by atoms with Gasteiger partial charge in [-0.15, -0.1) is 0 Å². The lowest BCUT2D eigenvalue weighted by Gasteiger charge is -2.27. The standard InChI is InChI=1S/C21H26N2O3S/c1-15-6-10-18(11-7-15)23-27(25,26)20-12-8-17(9-13-20)21(24)22-19-5-3-4-16(2)14-19/h6-13,16,19,23H,3-5,14H2,1-2H3,(H,22,24). The Bertz CT molecular complexity index is 890.